The number of rotatable bonds is 4. The number of nitrogens with one attached hydrogen (secondary N) is 1. The zero-order valence-electron chi connectivity index (χ0n) is 13.8. The van der Waals surface area contributed by atoms with Crippen LogP contribution in [0.5, 0.6) is 0 Å². The molecule has 0 radical (unpaired) electrons. The van der Waals surface area contributed by atoms with Crippen LogP contribution in [0.4, 0.5) is 14.5 Å². The van der Waals surface area contributed by atoms with E-state index in [-0.39, 0.29) is 17.1 Å². The molecule has 4 aromatic rings. The summed E-state index contributed by atoms with van der Waals surface area (Å²) in [6.45, 7) is 0. The van der Waals surface area contributed by atoms with Gasteiger partial charge in [0.25, 0.3) is 5.91 Å². The van der Waals surface area contributed by atoms with Crippen molar-refractivity contribution in [2.24, 2.45) is 0 Å². The van der Waals surface area contributed by atoms with Crippen molar-refractivity contribution in [2.45, 2.75) is 0 Å². The lowest BCUT2D eigenvalue weighted by molar-refractivity contribution is 0.102. The van der Waals surface area contributed by atoms with Crippen LogP contribution in [-0.2, 0) is 0 Å². The second-order valence-corrected chi connectivity index (χ2v) is 5.59. The van der Waals surface area contributed by atoms with E-state index in [4.69, 9.17) is 0 Å². The average Bonchev–Trinajstić information content (AvgIpc) is 3.34. The standard InChI is InChI=1S/C18H12F2N6O/c19-12-2-1-3-14(8-12)25-7-6-16(24-25)18(27)23-13-4-5-17(15(20)9-13)26-11-21-10-22-26/h1-11H,(H,23,27). The first kappa shape index (κ1) is 16.6. The first-order valence-electron chi connectivity index (χ1n) is 7.88. The van der Waals surface area contributed by atoms with E-state index < -0.39 is 17.5 Å². The summed E-state index contributed by atoms with van der Waals surface area (Å²) in [4.78, 5) is 16.1. The molecule has 0 saturated carbocycles. The number of anilines is 1. The molecule has 0 aliphatic rings. The molecule has 2 heterocycles. The molecule has 0 spiro atoms. The maximum Gasteiger partial charge on any atom is 0.276 e. The average molecular weight is 366 g/mol. The zero-order chi connectivity index (χ0) is 18.8. The fourth-order valence-electron chi connectivity index (χ4n) is 2.51. The highest BCUT2D eigenvalue weighted by Crippen LogP contribution is 2.18. The van der Waals surface area contributed by atoms with Crippen LogP contribution in [0.25, 0.3) is 11.4 Å². The Morgan fingerprint density at radius 3 is 2.67 bits per heavy atom. The van der Waals surface area contributed by atoms with E-state index in [0.29, 0.717) is 5.69 Å². The fourth-order valence-corrected chi connectivity index (χ4v) is 2.51. The first-order chi connectivity index (χ1) is 13.1. The van der Waals surface area contributed by atoms with Gasteiger partial charge >= 0.3 is 0 Å². The third-order valence-electron chi connectivity index (χ3n) is 3.77. The number of aromatic nitrogens is 5. The molecule has 7 nitrogen and oxygen atoms in total. The van der Waals surface area contributed by atoms with Gasteiger partial charge in [-0.2, -0.15) is 10.2 Å². The molecule has 0 aliphatic carbocycles. The van der Waals surface area contributed by atoms with Crippen LogP contribution in [0, 0.1) is 11.6 Å². The lowest BCUT2D eigenvalue weighted by atomic mass is 10.2. The van der Waals surface area contributed by atoms with Gasteiger partial charge in [-0.3, -0.25) is 4.79 Å². The molecular formula is C18H12F2N6O. The van der Waals surface area contributed by atoms with Crippen molar-refractivity contribution < 1.29 is 13.6 Å². The van der Waals surface area contributed by atoms with Gasteiger partial charge in [0.05, 0.1) is 5.69 Å². The van der Waals surface area contributed by atoms with Crippen LogP contribution in [-0.4, -0.2) is 30.5 Å². The molecule has 0 atom stereocenters. The minimum atomic E-state index is -0.566. The largest absolute Gasteiger partial charge is 0.320 e. The third-order valence-corrected chi connectivity index (χ3v) is 3.77. The summed E-state index contributed by atoms with van der Waals surface area (Å²) in [7, 11) is 0. The van der Waals surface area contributed by atoms with Crippen LogP contribution < -0.4 is 5.32 Å². The summed E-state index contributed by atoms with van der Waals surface area (Å²) in [5.74, 6) is -1.49. The summed E-state index contributed by atoms with van der Waals surface area (Å²) in [6.07, 6.45) is 4.21. The van der Waals surface area contributed by atoms with E-state index in [1.807, 2.05) is 0 Å². The van der Waals surface area contributed by atoms with Gasteiger partial charge in [0.15, 0.2) is 11.5 Å². The van der Waals surface area contributed by atoms with Gasteiger partial charge in [0.1, 0.15) is 24.2 Å². The number of carbonyl (C=O) groups is 1. The Morgan fingerprint density at radius 2 is 1.93 bits per heavy atom. The van der Waals surface area contributed by atoms with Gasteiger partial charge < -0.3 is 5.32 Å². The highest BCUT2D eigenvalue weighted by Gasteiger charge is 2.13. The molecule has 0 aliphatic heterocycles. The van der Waals surface area contributed by atoms with E-state index in [0.717, 1.165) is 0 Å². The molecule has 2 aromatic heterocycles. The number of nitrogens with zero attached hydrogens (tertiary/aromatic N) is 5. The number of carbonyl (C=O) groups excluding carboxylic acids is 1. The maximum atomic E-state index is 14.2. The Hall–Kier alpha value is -3.88. The van der Waals surface area contributed by atoms with Crippen LogP contribution in [0.2, 0.25) is 0 Å². The van der Waals surface area contributed by atoms with Crippen LogP contribution in [0.1, 0.15) is 10.5 Å². The van der Waals surface area contributed by atoms with Crippen molar-refractivity contribution in [1.29, 1.82) is 0 Å². The van der Waals surface area contributed by atoms with Crippen molar-refractivity contribution in [3.8, 4) is 11.4 Å². The summed E-state index contributed by atoms with van der Waals surface area (Å²) < 4.78 is 30.2. The SMILES string of the molecule is O=C(Nc1ccc(-n2cncn2)c(F)c1)c1ccn(-c2cccc(F)c2)n1. The highest BCUT2D eigenvalue weighted by molar-refractivity contribution is 6.02. The first-order valence-corrected chi connectivity index (χ1v) is 7.88. The molecule has 2 aromatic carbocycles. The normalized spacial score (nSPS) is 10.7. The molecule has 134 valence electrons. The summed E-state index contributed by atoms with van der Waals surface area (Å²) in [5, 5.41) is 10.6. The van der Waals surface area contributed by atoms with Gasteiger partial charge in [-0.15, -0.1) is 0 Å². The van der Waals surface area contributed by atoms with Gasteiger partial charge in [0, 0.05) is 11.9 Å². The lowest BCUT2D eigenvalue weighted by Crippen LogP contribution is -2.13. The Kier molecular flexibility index (Phi) is 4.17. The van der Waals surface area contributed by atoms with Gasteiger partial charge in [0.2, 0.25) is 0 Å². The number of amides is 1. The molecule has 0 fully saturated rings. The van der Waals surface area contributed by atoms with E-state index >= 15 is 0 Å². The van der Waals surface area contributed by atoms with Crippen molar-refractivity contribution in [3.63, 3.8) is 0 Å². The number of halogens is 2. The fraction of sp³-hybridized carbons (Fsp3) is 0. The molecule has 0 unspecified atom stereocenters. The second kappa shape index (κ2) is 6.79. The van der Waals surface area contributed by atoms with Gasteiger partial charge in [-0.25, -0.2) is 23.1 Å². The smallest absolute Gasteiger partial charge is 0.276 e. The Labute approximate surface area is 151 Å². The molecule has 0 saturated heterocycles. The third kappa shape index (κ3) is 3.43. The summed E-state index contributed by atoms with van der Waals surface area (Å²) in [6, 6.07) is 11.5. The number of hydrogen-bond acceptors (Lipinski definition) is 4. The van der Waals surface area contributed by atoms with E-state index in [1.165, 1.54) is 58.5 Å². The molecule has 27 heavy (non-hydrogen) atoms. The van der Waals surface area contributed by atoms with E-state index in [9.17, 15) is 13.6 Å². The van der Waals surface area contributed by atoms with Gasteiger partial charge in [-0.05, 0) is 42.5 Å². The van der Waals surface area contributed by atoms with Crippen LogP contribution in [0.15, 0.2) is 67.4 Å². The summed E-state index contributed by atoms with van der Waals surface area (Å²) >= 11 is 0. The second-order valence-electron chi connectivity index (χ2n) is 5.59. The topological polar surface area (TPSA) is 77.6 Å². The highest BCUT2D eigenvalue weighted by atomic mass is 19.1. The Balaban J connectivity index is 1.52. The Bertz CT molecular complexity index is 1110. The summed E-state index contributed by atoms with van der Waals surface area (Å²) in [5.41, 5.74) is 1.07. The van der Waals surface area contributed by atoms with Crippen molar-refractivity contribution in [3.05, 3.63) is 84.7 Å². The lowest BCUT2D eigenvalue weighted by Gasteiger charge is -2.07. The predicted octanol–water partition coefficient (Wildman–Crippen LogP) is 2.98. The van der Waals surface area contributed by atoms with Crippen LogP contribution >= 0.6 is 0 Å². The van der Waals surface area contributed by atoms with Gasteiger partial charge in [-0.1, -0.05) is 6.07 Å². The molecule has 4 rings (SSSR count). The van der Waals surface area contributed by atoms with Crippen molar-refractivity contribution >= 4 is 11.6 Å². The maximum absolute atomic E-state index is 14.2. The molecule has 0 bridgehead atoms. The minimum Gasteiger partial charge on any atom is -0.320 e. The van der Waals surface area contributed by atoms with Crippen molar-refractivity contribution in [2.75, 3.05) is 5.32 Å². The van der Waals surface area contributed by atoms with Crippen molar-refractivity contribution in [1.82, 2.24) is 24.5 Å². The molecule has 1 N–H and O–H groups in total. The monoisotopic (exact) mass is 366 g/mol. The Morgan fingerprint density at radius 1 is 1.04 bits per heavy atom. The predicted molar refractivity (Wildman–Crippen MR) is 92.8 cm³/mol. The minimum absolute atomic E-state index is 0.111. The van der Waals surface area contributed by atoms with Crippen LogP contribution in [0.3, 0.4) is 0 Å². The molecule has 1 amide bonds. The molecular weight excluding hydrogens is 354 g/mol. The zero-order valence-corrected chi connectivity index (χ0v) is 13.8. The van der Waals surface area contributed by atoms with E-state index in [2.05, 4.69) is 20.5 Å². The number of hydrogen-bond donors (Lipinski definition) is 1. The number of benzene rings is 2. The molecule has 9 heteroatoms. The quantitative estimate of drug-likeness (QED) is 0.602. The van der Waals surface area contributed by atoms with E-state index in [1.54, 1.807) is 18.2 Å².